The number of nitrogens with one attached hydrogen (secondary N) is 6. The summed E-state index contributed by atoms with van der Waals surface area (Å²) in [5, 5.41) is 69.0. The lowest BCUT2D eigenvalue weighted by molar-refractivity contribution is 0.0947. The second-order valence-electron chi connectivity index (χ2n) is 31.4. The Kier molecular flexibility index (Phi) is 32.3. The van der Waals surface area contributed by atoms with Crippen molar-refractivity contribution in [1.82, 2.24) is 93.1 Å². The topological polar surface area (TPSA) is 512 Å². The van der Waals surface area contributed by atoms with E-state index < -0.39 is 9.52 Å². The summed E-state index contributed by atoms with van der Waals surface area (Å²) in [5.41, 5.74) is 50.4. The van der Waals surface area contributed by atoms with Crippen molar-refractivity contribution in [3.8, 4) is 5.75 Å². The van der Waals surface area contributed by atoms with Crippen LogP contribution in [0.15, 0.2) is 175 Å². The Morgan fingerprint density at radius 2 is 0.667 bits per heavy atom. The molecule has 0 fully saturated rings. The number of hydrogen-bond acceptors (Lipinski definition) is 32. The van der Waals surface area contributed by atoms with Crippen LogP contribution in [0.1, 0.15) is 142 Å². The Bertz CT molecular complexity index is 7660. The Hall–Kier alpha value is -15.2. The smallest absolute Gasteiger partial charge is 0.263 e. The molecule has 12 aromatic heterocycles. The number of rotatable bonds is 20. The first-order chi connectivity index (χ1) is 66.0. The highest BCUT2D eigenvalue weighted by atomic mass is 32.2. The standard InChI is InChI=1S/2C17H17FN4OS.C16H16N4O2S2.C16H16N4OS.C15H13FN4OS.C15H14N4O2S/c1-8-4-5-12(18)11(6-8)7-20-16(23)15-14(19)13-9(2)10(3)21-22-17(13)24-15;1-8-5-4-6-11(13(8)18)7-20-16(23)15-14(19)12-9(2)10(3)21-22-17(12)24-15;1-24(2,22)11-5-3-10(4-6-11)9-18-15(21)14-13(17)12-7-8-19-20-16(12)23-14;1-9-10(2)19-20-16-12(9)13(17)14(22-16)15(21)18-8-11-6-4-3-5-7-11;1-8-3-2-4-9(11(8)16)7-18-14(21)13-12(17)10-5-6-19-20-15(10)22-13;1-21-10-4-2-9(3-5-10)8-17-14(20)13-12(16)11-6-7-18-19-15(11)22-13/h2*4-6H,7,19H2,1-3H3,(H,20,23);3-8H,1,9,17H2,2H3,(H,18,21);3-7H,8,17H2,1-2H3,(H,18,21);2-6H,7,17H2,1H3,(H,18,21);2-7H,8,16H2,1H3,(H,17,20). The van der Waals surface area contributed by atoms with Gasteiger partial charge in [0.1, 0.15) is 81.4 Å². The number of hydrogen-bond donors (Lipinski definition) is 12. The SMILES string of the molecule is C=S(C)(=O)c1ccc(CNC(=O)c2sc3nnccc3c2N)cc1.COc1ccc(CNC(=O)c2sc3nnccc3c2N)cc1.Cc1ccc(F)c(CNC(=O)c2sc3nnc(C)c(C)c3c2N)c1.Cc1cccc(CNC(=O)c2sc3nnc(C)c(C)c3c2N)c1F.Cc1cccc(CNC(=O)c2sc3nnccc3c2N)c1F.Cc1nnc2sc(C(=O)NCc3ccccc3)c(N)c2c1C. The molecule has 1 unspecified atom stereocenters. The molecule has 6 aromatic carbocycles. The van der Waals surface area contributed by atoms with Crippen LogP contribution in [0.5, 0.6) is 5.75 Å². The zero-order valence-electron chi connectivity index (χ0n) is 76.2. The Labute approximate surface area is 813 Å². The Balaban J connectivity index is 0.000000140. The van der Waals surface area contributed by atoms with E-state index in [1.165, 1.54) is 80.3 Å². The number of carbonyl (C=O) groups is 6. The molecule has 0 bridgehead atoms. The summed E-state index contributed by atoms with van der Waals surface area (Å²) in [5.74, 6) is 1.80. The molecule has 42 heteroatoms. The first kappa shape index (κ1) is 100. The van der Waals surface area contributed by atoms with Gasteiger partial charge in [0.05, 0.1) is 76.9 Å². The van der Waals surface area contributed by atoms with E-state index in [2.05, 4.69) is 99.0 Å². The fourth-order valence-electron chi connectivity index (χ4n) is 13.7. The van der Waals surface area contributed by atoms with Gasteiger partial charge in [0, 0.05) is 99.4 Å². The van der Waals surface area contributed by atoms with Gasteiger partial charge in [0.15, 0.2) is 0 Å². The van der Waals surface area contributed by atoms with Crippen molar-refractivity contribution in [2.75, 3.05) is 47.8 Å². The van der Waals surface area contributed by atoms with E-state index in [9.17, 15) is 46.1 Å². The van der Waals surface area contributed by atoms with Gasteiger partial charge >= 0.3 is 0 Å². The molecule has 18 N–H and O–H groups in total. The molecule has 1 atom stereocenters. The van der Waals surface area contributed by atoms with Crippen molar-refractivity contribution in [1.29, 1.82) is 0 Å². The highest BCUT2D eigenvalue weighted by Gasteiger charge is 2.27. The predicted octanol–water partition coefficient (Wildman–Crippen LogP) is 16.1. The molecule has 0 radical (unpaired) electrons. The maximum absolute atomic E-state index is 14.0. The van der Waals surface area contributed by atoms with Crippen molar-refractivity contribution in [2.24, 2.45) is 0 Å². The van der Waals surface area contributed by atoms with Crippen LogP contribution < -0.4 is 71.0 Å². The molecule has 0 spiro atoms. The molecule has 0 aliphatic carbocycles. The summed E-state index contributed by atoms with van der Waals surface area (Å²) < 4.78 is 58.7. The lowest BCUT2D eigenvalue weighted by Crippen LogP contribution is -2.23. The summed E-state index contributed by atoms with van der Waals surface area (Å²) in [6, 6.07) is 44.6. The van der Waals surface area contributed by atoms with Gasteiger partial charge in [-0.25, -0.2) is 13.2 Å². The van der Waals surface area contributed by atoms with Crippen molar-refractivity contribution in [2.45, 2.75) is 106 Å². The molecule has 708 valence electrons. The lowest BCUT2D eigenvalue weighted by Gasteiger charge is -2.07. The van der Waals surface area contributed by atoms with E-state index in [-0.39, 0.29) is 72.5 Å². The number of thiophene rings is 6. The monoisotopic (exact) mass is 1990 g/mol. The summed E-state index contributed by atoms with van der Waals surface area (Å²) in [4.78, 5) is 81.2. The van der Waals surface area contributed by atoms with Crippen LogP contribution in [-0.2, 0) is 48.8 Å². The van der Waals surface area contributed by atoms with Crippen LogP contribution in [-0.4, -0.2) is 120 Å². The average Bonchev–Trinajstić information content (AvgIpc) is 1.66. The molecule has 0 saturated carbocycles. The van der Waals surface area contributed by atoms with Crippen LogP contribution in [0.2, 0.25) is 0 Å². The summed E-state index contributed by atoms with van der Waals surface area (Å²) >= 11 is 7.29. The van der Waals surface area contributed by atoms with Gasteiger partial charge in [-0.05, 0) is 171 Å². The fraction of sp³-hybridized carbons (Fsp3) is 0.177. The van der Waals surface area contributed by atoms with Gasteiger partial charge < -0.3 is 71.0 Å². The van der Waals surface area contributed by atoms with E-state index >= 15 is 0 Å². The van der Waals surface area contributed by atoms with Crippen molar-refractivity contribution < 1.29 is 50.9 Å². The number of nitrogens with zero attached hydrogens (tertiary/aromatic N) is 12. The van der Waals surface area contributed by atoms with Gasteiger partial charge in [-0.1, -0.05) is 109 Å². The van der Waals surface area contributed by atoms with Crippen molar-refractivity contribution >= 4 is 214 Å². The number of nitrogens with two attached hydrogens (primary N) is 6. The number of carbonyl (C=O) groups excluding carboxylic acids is 6. The van der Waals surface area contributed by atoms with Gasteiger partial charge in [0.2, 0.25) is 0 Å². The van der Waals surface area contributed by atoms with Crippen LogP contribution in [0, 0.1) is 79.8 Å². The number of aryl methyl sites for hydroxylation is 9. The number of anilines is 6. The van der Waals surface area contributed by atoms with Gasteiger partial charge in [-0.2, -0.15) is 30.6 Å². The van der Waals surface area contributed by atoms with Crippen LogP contribution in [0.4, 0.5) is 47.3 Å². The number of benzene rings is 6. The first-order valence-corrected chi connectivity index (χ1v) is 49.1. The highest BCUT2D eigenvalue weighted by molar-refractivity contribution is 7.99. The lowest BCUT2D eigenvalue weighted by atomic mass is 10.1. The molecule has 12 heterocycles. The zero-order valence-corrected chi connectivity index (χ0v) is 81.9. The van der Waals surface area contributed by atoms with Crippen LogP contribution in [0.25, 0.3) is 61.3 Å². The number of methoxy groups -OCH3 is 1. The van der Waals surface area contributed by atoms with Crippen molar-refractivity contribution in [3.63, 3.8) is 0 Å². The second-order valence-corrected chi connectivity index (χ2v) is 39.8. The molecular weight excluding hydrogens is 1900 g/mol. The van der Waals surface area contributed by atoms with Gasteiger partial charge in [0.25, 0.3) is 35.4 Å². The van der Waals surface area contributed by atoms with E-state index in [0.717, 1.165) is 88.7 Å². The molecule has 0 saturated heterocycles. The maximum atomic E-state index is 14.0. The molecule has 0 aliphatic heterocycles. The number of halogens is 3. The number of amides is 6. The van der Waals surface area contributed by atoms with Crippen LogP contribution in [0.3, 0.4) is 0 Å². The van der Waals surface area contributed by atoms with E-state index in [1.54, 1.807) is 118 Å². The number of nitrogen functional groups attached to an aromatic ring is 6. The molecule has 18 aromatic rings. The largest absolute Gasteiger partial charge is 0.497 e. The zero-order chi connectivity index (χ0) is 99.1. The third-order valence-electron chi connectivity index (χ3n) is 21.7. The summed E-state index contributed by atoms with van der Waals surface area (Å²) in [6.45, 7) is 18.1. The van der Waals surface area contributed by atoms with Gasteiger partial charge in [-0.3, -0.25) is 33.0 Å². The Morgan fingerprint density at radius 1 is 0.355 bits per heavy atom. The minimum Gasteiger partial charge on any atom is -0.497 e. The minimum absolute atomic E-state index is 0.101. The molecule has 138 heavy (non-hydrogen) atoms. The number of aromatic nitrogens is 12. The van der Waals surface area contributed by atoms with E-state index in [4.69, 9.17) is 39.1 Å². The maximum Gasteiger partial charge on any atom is 0.263 e. The van der Waals surface area contributed by atoms with Crippen LogP contribution >= 0.6 is 68.0 Å². The van der Waals surface area contributed by atoms with E-state index in [1.807, 2.05) is 115 Å². The molecule has 18 rings (SSSR count). The first-order valence-electron chi connectivity index (χ1n) is 42.0. The summed E-state index contributed by atoms with van der Waals surface area (Å²) in [7, 11) is -0.614. The molecular formula is C96H93F3N24O8S7. The second kappa shape index (κ2) is 44.5. The number of fused-ring (bicyclic) bond motifs is 6. The minimum atomic E-state index is -2.23. The number of ether oxygens (including phenoxy) is 1. The predicted molar refractivity (Wildman–Crippen MR) is 545 cm³/mol. The third-order valence-corrected chi connectivity index (χ3v) is 29.6. The van der Waals surface area contributed by atoms with Gasteiger partial charge in [-0.15, -0.1) is 98.6 Å². The molecule has 0 aliphatic rings. The Morgan fingerprint density at radius 3 is 1.00 bits per heavy atom. The fourth-order valence-corrected chi connectivity index (χ4v) is 20.3. The molecule has 6 amide bonds. The van der Waals surface area contributed by atoms with E-state index in [0.29, 0.717) is 150 Å². The molecule has 32 nitrogen and oxygen atoms in total. The summed E-state index contributed by atoms with van der Waals surface area (Å²) in [6.07, 6.45) is 6.22. The third kappa shape index (κ3) is 23.5. The average molecular weight is 1990 g/mol. The quantitative estimate of drug-likeness (QED) is 0.0315. The normalized spacial score (nSPS) is 11.3. The van der Waals surface area contributed by atoms with Crippen molar-refractivity contribution in [3.05, 3.63) is 301 Å². The highest BCUT2D eigenvalue weighted by Crippen LogP contribution is 2.40.